The van der Waals surface area contributed by atoms with Crippen LogP contribution in [0.25, 0.3) is 0 Å². The molecule has 0 radical (unpaired) electrons. The van der Waals surface area contributed by atoms with E-state index in [1.807, 2.05) is 4.90 Å². The molecule has 0 atom stereocenters. The Morgan fingerprint density at radius 2 is 2.05 bits per heavy atom. The molecule has 0 unspecified atom stereocenters. The number of anilines is 1. The van der Waals surface area contributed by atoms with Gasteiger partial charge in [-0.15, -0.1) is 0 Å². The van der Waals surface area contributed by atoms with Crippen molar-refractivity contribution >= 4 is 11.6 Å². The van der Waals surface area contributed by atoms with Crippen LogP contribution in [0.2, 0.25) is 0 Å². The first-order chi connectivity index (χ1) is 9.30. The zero-order valence-corrected chi connectivity index (χ0v) is 12.4. The minimum Gasteiger partial charge on any atom is -0.370 e. The van der Waals surface area contributed by atoms with E-state index in [0.717, 1.165) is 13.0 Å². The molecule has 1 aromatic rings. The second-order valence-electron chi connectivity index (χ2n) is 5.82. The van der Waals surface area contributed by atoms with Crippen molar-refractivity contribution in [3.05, 3.63) is 29.6 Å². The van der Waals surface area contributed by atoms with Crippen molar-refractivity contribution < 1.29 is 9.18 Å². The summed E-state index contributed by atoms with van der Waals surface area (Å²) in [6, 6.07) is 4.15. The third-order valence-corrected chi connectivity index (χ3v) is 3.23. The summed E-state index contributed by atoms with van der Waals surface area (Å²) in [6.45, 7) is 8.14. The fourth-order valence-electron chi connectivity index (χ4n) is 2.12. The molecule has 0 aromatic heterocycles. The highest BCUT2D eigenvalue weighted by Crippen LogP contribution is 2.26. The number of carbonyl (C=O) groups excluding carboxylic acids is 1. The molecular formula is C15H24FN3O. The molecular weight excluding hydrogens is 257 g/mol. The Hall–Kier alpha value is -1.62. The third kappa shape index (κ3) is 4.20. The third-order valence-electron chi connectivity index (χ3n) is 3.23. The molecule has 1 amide bonds. The lowest BCUT2D eigenvalue weighted by Gasteiger charge is -2.34. The van der Waals surface area contributed by atoms with E-state index >= 15 is 0 Å². The standard InChI is InChI=1S/C15H24FN3O/c1-4-7-19(10-15(2,3)9-17)13-6-5-11(16)8-12(13)14(18)20/h5-6,8H,4,7,9-10,17H2,1-3H3,(H2,18,20). The summed E-state index contributed by atoms with van der Waals surface area (Å²) in [6.07, 6.45) is 0.913. The Balaban J connectivity index is 3.17. The number of carbonyl (C=O) groups is 1. The van der Waals surface area contributed by atoms with Crippen molar-refractivity contribution in [2.24, 2.45) is 16.9 Å². The van der Waals surface area contributed by atoms with E-state index in [0.29, 0.717) is 18.8 Å². The summed E-state index contributed by atoms with van der Waals surface area (Å²) in [5.41, 5.74) is 11.9. The second kappa shape index (κ2) is 6.70. The number of hydrogen-bond acceptors (Lipinski definition) is 3. The summed E-state index contributed by atoms with van der Waals surface area (Å²) in [5, 5.41) is 0. The van der Waals surface area contributed by atoms with Gasteiger partial charge in [0.2, 0.25) is 0 Å². The van der Waals surface area contributed by atoms with Gasteiger partial charge in [0, 0.05) is 18.8 Å². The predicted octanol–water partition coefficient (Wildman–Crippen LogP) is 2.13. The van der Waals surface area contributed by atoms with Crippen LogP contribution in [0.5, 0.6) is 0 Å². The number of halogens is 1. The summed E-state index contributed by atoms with van der Waals surface area (Å²) < 4.78 is 13.3. The first-order valence-electron chi connectivity index (χ1n) is 6.85. The Morgan fingerprint density at radius 1 is 1.40 bits per heavy atom. The van der Waals surface area contributed by atoms with Crippen LogP contribution in [-0.4, -0.2) is 25.5 Å². The smallest absolute Gasteiger partial charge is 0.250 e. The van der Waals surface area contributed by atoms with Gasteiger partial charge >= 0.3 is 0 Å². The van der Waals surface area contributed by atoms with Crippen molar-refractivity contribution in [3.63, 3.8) is 0 Å². The molecule has 0 aliphatic rings. The van der Waals surface area contributed by atoms with E-state index in [-0.39, 0.29) is 11.0 Å². The molecule has 5 heteroatoms. The van der Waals surface area contributed by atoms with Crippen LogP contribution < -0.4 is 16.4 Å². The maximum Gasteiger partial charge on any atom is 0.250 e. The van der Waals surface area contributed by atoms with Crippen molar-refractivity contribution in [3.8, 4) is 0 Å². The van der Waals surface area contributed by atoms with Crippen LogP contribution in [0.1, 0.15) is 37.6 Å². The van der Waals surface area contributed by atoms with Crippen molar-refractivity contribution in [1.82, 2.24) is 0 Å². The minimum atomic E-state index is -0.619. The van der Waals surface area contributed by atoms with Crippen LogP contribution in [0.15, 0.2) is 18.2 Å². The van der Waals surface area contributed by atoms with Gasteiger partial charge in [-0.3, -0.25) is 4.79 Å². The lowest BCUT2D eigenvalue weighted by Crippen LogP contribution is -2.40. The summed E-state index contributed by atoms with van der Waals surface area (Å²) in [7, 11) is 0. The van der Waals surface area contributed by atoms with Gasteiger partial charge in [-0.1, -0.05) is 20.8 Å². The van der Waals surface area contributed by atoms with Gasteiger partial charge in [0.25, 0.3) is 5.91 Å². The maximum absolute atomic E-state index is 13.3. The van der Waals surface area contributed by atoms with E-state index in [1.165, 1.54) is 12.1 Å². The molecule has 4 nitrogen and oxygen atoms in total. The summed E-state index contributed by atoms with van der Waals surface area (Å²) >= 11 is 0. The van der Waals surface area contributed by atoms with Crippen LogP contribution >= 0.6 is 0 Å². The Morgan fingerprint density at radius 3 is 2.55 bits per heavy atom. The number of benzene rings is 1. The van der Waals surface area contributed by atoms with Gasteiger partial charge in [0.1, 0.15) is 5.82 Å². The zero-order chi connectivity index (χ0) is 15.3. The molecule has 0 heterocycles. The molecule has 1 rings (SSSR count). The number of nitrogens with zero attached hydrogens (tertiary/aromatic N) is 1. The average Bonchev–Trinajstić information content (AvgIpc) is 2.38. The molecule has 1 aromatic carbocycles. The lowest BCUT2D eigenvalue weighted by atomic mass is 9.92. The maximum atomic E-state index is 13.3. The normalized spacial score (nSPS) is 11.4. The molecule has 4 N–H and O–H groups in total. The number of amides is 1. The molecule has 0 aliphatic heterocycles. The van der Waals surface area contributed by atoms with Crippen molar-refractivity contribution in [1.29, 1.82) is 0 Å². The number of primary amides is 1. The monoisotopic (exact) mass is 281 g/mol. The summed E-state index contributed by atoms with van der Waals surface area (Å²) in [4.78, 5) is 13.6. The van der Waals surface area contributed by atoms with Gasteiger partial charge in [-0.25, -0.2) is 4.39 Å². The van der Waals surface area contributed by atoms with E-state index in [1.54, 1.807) is 6.07 Å². The number of nitrogens with two attached hydrogens (primary N) is 2. The largest absolute Gasteiger partial charge is 0.370 e. The first-order valence-corrected chi connectivity index (χ1v) is 6.85. The molecule has 0 bridgehead atoms. The number of hydrogen-bond donors (Lipinski definition) is 2. The highest BCUT2D eigenvalue weighted by molar-refractivity contribution is 5.98. The van der Waals surface area contributed by atoms with Crippen LogP contribution in [0.4, 0.5) is 10.1 Å². The fourth-order valence-corrected chi connectivity index (χ4v) is 2.12. The zero-order valence-electron chi connectivity index (χ0n) is 12.4. The lowest BCUT2D eigenvalue weighted by molar-refractivity contribution is 0.1000. The van der Waals surface area contributed by atoms with Gasteiger partial charge in [-0.05, 0) is 36.6 Å². The highest BCUT2D eigenvalue weighted by Gasteiger charge is 2.23. The molecule has 0 aliphatic carbocycles. The van der Waals surface area contributed by atoms with Crippen LogP contribution in [0.3, 0.4) is 0 Å². The van der Waals surface area contributed by atoms with Crippen molar-refractivity contribution in [2.75, 3.05) is 24.5 Å². The average molecular weight is 281 g/mol. The van der Waals surface area contributed by atoms with Gasteiger partial charge in [-0.2, -0.15) is 0 Å². The quantitative estimate of drug-likeness (QED) is 0.804. The summed E-state index contributed by atoms with van der Waals surface area (Å²) in [5.74, 6) is -1.08. The highest BCUT2D eigenvalue weighted by atomic mass is 19.1. The molecule has 20 heavy (non-hydrogen) atoms. The minimum absolute atomic E-state index is 0.0987. The molecule has 0 fully saturated rings. The van der Waals surface area contributed by atoms with E-state index in [2.05, 4.69) is 20.8 Å². The molecule has 0 saturated heterocycles. The predicted molar refractivity (Wildman–Crippen MR) is 80.3 cm³/mol. The van der Waals surface area contributed by atoms with Gasteiger partial charge < -0.3 is 16.4 Å². The SMILES string of the molecule is CCCN(CC(C)(C)CN)c1ccc(F)cc1C(N)=O. The molecule has 112 valence electrons. The van der Waals surface area contributed by atoms with Crippen LogP contribution in [0, 0.1) is 11.2 Å². The van der Waals surface area contributed by atoms with Gasteiger partial charge in [0.05, 0.1) is 5.56 Å². The molecule has 0 saturated carbocycles. The van der Waals surface area contributed by atoms with Gasteiger partial charge in [0.15, 0.2) is 0 Å². The fraction of sp³-hybridized carbons (Fsp3) is 0.533. The van der Waals surface area contributed by atoms with E-state index in [4.69, 9.17) is 11.5 Å². The first kappa shape index (κ1) is 16.4. The number of rotatable bonds is 7. The second-order valence-corrected chi connectivity index (χ2v) is 5.82. The van der Waals surface area contributed by atoms with E-state index in [9.17, 15) is 9.18 Å². The van der Waals surface area contributed by atoms with Crippen molar-refractivity contribution in [2.45, 2.75) is 27.2 Å². The molecule has 0 spiro atoms. The van der Waals surface area contributed by atoms with E-state index < -0.39 is 11.7 Å². The van der Waals surface area contributed by atoms with Crippen LogP contribution in [-0.2, 0) is 0 Å². The Kier molecular flexibility index (Phi) is 5.51. The Labute approximate surface area is 119 Å². The Bertz CT molecular complexity index is 474. The topological polar surface area (TPSA) is 72.3 Å².